The fourth-order valence-corrected chi connectivity index (χ4v) is 3.58. The second-order valence-corrected chi connectivity index (χ2v) is 6.08. The van der Waals surface area contributed by atoms with Gasteiger partial charge in [0.05, 0.1) is 11.8 Å². The summed E-state index contributed by atoms with van der Waals surface area (Å²) in [5.41, 5.74) is 2.47. The van der Waals surface area contributed by atoms with Gasteiger partial charge in [0.25, 0.3) is 0 Å². The maximum Gasteiger partial charge on any atom is 0.306 e. The number of aliphatic carboxylic acids is 1. The van der Waals surface area contributed by atoms with E-state index in [4.69, 9.17) is 5.11 Å². The average Bonchev–Trinajstić information content (AvgIpc) is 2.53. The standard InChI is InChI=1S/C17H21NO3/c19-16(18-10-8-13(9-11-18)17(20)21)15-7-3-5-12-4-1-2-6-14(12)15/h1-2,4,6,13,15H,3,5,7-11H2,(H,20,21)/t15-/m1/s1. The fraction of sp³-hybridized carbons (Fsp3) is 0.529. The van der Waals surface area contributed by atoms with E-state index in [9.17, 15) is 9.59 Å². The van der Waals surface area contributed by atoms with Crippen molar-refractivity contribution in [3.63, 3.8) is 0 Å². The number of piperidine rings is 1. The maximum absolute atomic E-state index is 12.8. The van der Waals surface area contributed by atoms with Crippen molar-refractivity contribution in [3.05, 3.63) is 35.4 Å². The molecule has 1 aliphatic heterocycles. The van der Waals surface area contributed by atoms with E-state index in [1.165, 1.54) is 11.1 Å². The van der Waals surface area contributed by atoms with Gasteiger partial charge in [0.15, 0.2) is 0 Å². The highest BCUT2D eigenvalue weighted by molar-refractivity contribution is 5.84. The van der Waals surface area contributed by atoms with Crippen molar-refractivity contribution in [2.75, 3.05) is 13.1 Å². The quantitative estimate of drug-likeness (QED) is 0.909. The van der Waals surface area contributed by atoms with Gasteiger partial charge in [0.2, 0.25) is 5.91 Å². The predicted octanol–water partition coefficient (Wildman–Crippen LogP) is 2.43. The van der Waals surface area contributed by atoms with E-state index in [1.54, 1.807) is 0 Å². The number of fused-ring (bicyclic) bond motifs is 1. The molecule has 1 fully saturated rings. The van der Waals surface area contributed by atoms with Crippen LogP contribution in [0.5, 0.6) is 0 Å². The van der Waals surface area contributed by atoms with Crippen LogP contribution in [-0.4, -0.2) is 35.0 Å². The van der Waals surface area contributed by atoms with E-state index >= 15 is 0 Å². The molecule has 3 rings (SSSR count). The van der Waals surface area contributed by atoms with E-state index in [1.807, 2.05) is 17.0 Å². The summed E-state index contributed by atoms with van der Waals surface area (Å²) in [7, 11) is 0. The summed E-state index contributed by atoms with van der Waals surface area (Å²) in [5, 5.41) is 9.04. The van der Waals surface area contributed by atoms with Crippen LogP contribution in [0, 0.1) is 5.92 Å². The molecule has 4 nitrogen and oxygen atoms in total. The topological polar surface area (TPSA) is 57.6 Å². The molecule has 0 saturated carbocycles. The van der Waals surface area contributed by atoms with Gasteiger partial charge in [-0.1, -0.05) is 24.3 Å². The second-order valence-electron chi connectivity index (χ2n) is 6.08. The van der Waals surface area contributed by atoms with Crippen molar-refractivity contribution >= 4 is 11.9 Å². The average molecular weight is 287 g/mol. The number of carbonyl (C=O) groups excluding carboxylic acids is 1. The lowest BCUT2D eigenvalue weighted by Crippen LogP contribution is -2.43. The number of amides is 1. The zero-order valence-corrected chi connectivity index (χ0v) is 12.1. The number of benzene rings is 1. The smallest absolute Gasteiger partial charge is 0.306 e. The van der Waals surface area contributed by atoms with Gasteiger partial charge in [0.1, 0.15) is 0 Å². The van der Waals surface area contributed by atoms with Crippen molar-refractivity contribution in [1.29, 1.82) is 0 Å². The Morgan fingerprint density at radius 2 is 1.81 bits per heavy atom. The molecule has 21 heavy (non-hydrogen) atoms. The zero-order chi connectivity index (χ0) is 14.8. The van der Waals surface area contributed by atoms with E-state index in [2.05, 4.69) is 12.1 Å². The molecule has 1 saturated heterocycles. The van der Waals surface area contributed by atoms with E-state index < -0.39 is 5.97 Å². The van der Waals surface area contributed by atoms with Gasteiger partial charge < -0.3 is 10.0 Å². The van der Waals surface area contributed by atoms with Crippen molar-refractivity contribution in [1.82, 2.24) is 4.90 Å². The molecule has 2 aliphatic rings. The van der Waals surface area contributed by atoms with Crippen molar-refractivity contribution in [3.8, 4) is 0 Å². The predicted molar refractivity (Wildman–Crippen MR) is 79.1 cm³/mol. The molecular formula is C17H21NO3. The highest BCUT2D eigenvalue weighted by Crippen LogP contribution is 2.33. The summed E-state index contributed by atoms with van der Waals surface area (Å²) in [6.45, 7) is 1.16. The maximum atomic E-state index is 12.8. The molecule has 1 aromatic rings. The molecule has 1 aromatic carbocycles. The number of aryl methyl sites for hydroxylation is 1. The fourth-order valence-electron chi connectivity index (χ4n) is 3.58. The normalized spacial score (nSPS) is 22.7. The summed E-state index contributed by atoms with van der Waals surface area (Å²) < 4.78 is 0. The SMILES string of the molecule is O=C(O)C1CCN(C(=O)[C@@H]2CCCc3ccccc32)CC1. The Balaban J connectivity index is 1.71. The van der Waals surface area contributed by atoms with Crippen LogP contribution in [0.15, 0.2) is 24.3 Å². The molecule has 0 bridgehead atoms. The lowest BCUT2D eigenvalue weighted by molar-refractivity contribution is -0.146. The number of hydrogen-bond acceptors (Lipinski definition) is 2. The van der Waals surface area contributed by atoms with Gasteiger partial charge in [-0.3, -0.25) is 9.59 Å². The minimum atomic E-state index is -0.731. The first-order chi connectivity index (χ1) is 10.2. The molecule has 1 aliphatic carbocycles. The molecule has 1 N–H and O–H groups in total. The Morgan fingerprint density at radius 3 is 2.52 bits per heavy atom. The zero-order valence-electron chi connectivity index (χ0n) is 12.1. The number of nitrogens with zero attached hydrogens (tertiary/aromatic N) is 1. The molecule has 0 radical (unpaired) electrons. The Kier molecular flexibility index (Phi) is 3.95. The number of carbonyl (C=O) groups is 2. The first kappa shape index (κ1) is 14.1. The van der Waals surface area contributed by atoms with Gasteiger partial charge in [-0.2, -0.15) is 0 Å². The lowest BCUT2D eigenvalue weighted by Gasteiger charge is -2.34. The number of hydrogen-bond donors (Lipinski definition) is 1. The molecule has 4 heteroatoms. The third kappa shape index (κ3) is 2.80. The van der Waals surface area contributed by atoms with Crippen LogP contribution in [0.3, 0.4) is 0 Å². The Bertz CT molecular complexity index is 547. The molecule has 0 spiro atoms. The van der Waals surface area contributed by atoms with E-state index in [0.29, 0.717) is 25.9 Å². The number of likely N-dealkylation sites (tertiary alicyclic amines) is 1. The summed E-state index contributed by atoms with van der Waals surface area (Å²) in [6, 6.07) is 8.22. The molecule has 0 unspecified atom stereocenters. The number of carboxylic acids is 1. The summed E-state index contributed by atoms with van der Waals surface area (Å²) >= 11 is 0. The first-order valence-electron chi connectivity index (χ1n) is 7.76. The second kappa shape index (κ2) is 5.88. The van der Waals surface area contributed by atoms with Gasteiger partial charge in [-0.05, 0) is 43.2 Å². The number of carboxylic acid groups (broad SMARTS) is 1. The third-order valence-electron chi connectivity index (χ3n) is 4.82. The van der Waals surface area contributed by atoms with E-state index in [-0.39, 0.29) is 17.7 Å². The highest BCUT2D eigenvalue weighted by atomic mass is 16.4. The van der Waals surface area contributed by atoms with Crippen molar-refractivity contribution in [2.24, 2.45) is 5.92 Å². The Hall–Kier alpha value is -1.84. The Morgan fingerprint density at radius 1 is 1.10 bits per heavy atom. The van der Waals surface area contributed by atoms with Crippen LogP contribution in [0.2, 0.25) is 0 Å². The van der Waals surface area contributed by atoms with Crippen molar-refractivity contribution in [2.45, 2.75) is 38.0 Å². The molecule has 1 amide bonds. The van der Waals surface area contributed by atoms with Crippen LogP contribution in [0.25, 0.3) is 0 Å². The highest BCUT2D eigenvalue weighted by Gasteiger charge is 2.33. The lowest BCUT2D eigenvalue weighted by atomic mass is 9.81. The van der Waals surface area contributed by atoms with Crippen LogP contribution in [0.1, 0.15) is 42.7 Å². The molecular weight excluding hydrogens is 266 g/mol. The first-order valence-corrected chi connectivity index (χ1v) is 7.76. The molecule has 0 aromatic heterocycles. The van der Waals surface area contributed by atoms with Gasteiger partial charge in [0, 0.05) is 13.1 Å². The van der Waals surface area contributed by atoms with Crippen LogP contribution < -0.4 is 0 Å². The van der Waals surface area contributed by atoms with Crippen LogP contribution >= 0.6 is 0 Å². The van der Waals surface area contributed by atoms with Crippen LogP contribution in [-0.2, 0) is 16.0 Å². The van der Waals surface area contributed by atoms with Gasteiger partial charge >= 0.3 is 5.97 Å². The minimum absolute atomic E-state index is 0.0312. The minimum Gasteiger partial charge on any atom is -0.481 e. The molecule has 112 valence electrons. The van der Waals surface area contributed by atoms with Crippen molar-refractivity contribution < 1.29 is 14.7 Å². The monoisotopic (exact) mass is 287 g/mol. The van der Waals surface area contributed by atoms with Gasteiger partial charge in [-0.15, -0.1) is 0 Å². The summed E-state index contributed by atoms with van der Waals surface area (Å²) in [4.78, 5) is 25.6. The van der Waals surface area contributed by atoms with Crippen LogP contribution in [0.4, 0.5) is 0 Å². The third-order valence-corrected chi connectivity index (χ3v) is 4.82. The summed E-state index contributed by atoms with van der Waals surface area (Å²) in [6.07, 6.45) is 4.18. The summed E-state index contributed by atoms with van der Waals surface area (Å²) in [5.74, 6) is -0.861. The molecule has 1 atom stereocenters. The van der Waals surface area contributed by atoms with E-state index in [0.717, 1.165) is 19.3 Å². The molecule has 1 heterocycles. The van der Waals surface area contributed by atoms with Gasteiger partial charge in [-0.25, -0.2) is 0 Å². The largest absolute Gasteiger partial charge is 0.481 e. The number of rotatable bonds is 2. The Labute approximate surface area is 124 Å².